The molecule has 3 rings (SSSR count). The van der Waals surface area contributed by atoms with Crippen molar-refractivity contribution >= 4 is 21.6 Å². The highest BCUT2D eigenvalue weighted by Crippen LogP contribution is 2.20. The average Bonchev–Trinajstić information content (AvgIpc) is 3.08. The van der Waals surface area contributed by atoms with Gasteiger partial charge in [-0.05, 0) is 55.5 Å². The number of hydrogen-bond acceptors (Lipinski definition) is 6. The lowest BCUT2D eigenvalue weighted by Gasteiger charge is -2.11. The van der Waals surface area contributed by atoms with E-state index < -0.39 is 10.0 Å². The van der Waals surface area contributed by atoms with Crippen LogP contribution >= 0.6 is 0 Å². The van der Waals surface area contributed by atoms with E-state index in [1.165, 1.54) is 38.4 Å². The zero-order valence-electron chi connectivity index (χ0n) is 15.0. The first-order chi connectivity index (χ1) is 12.8. The van der Waals surface area contributed by atoms with E-state index in [0.717, 1.165) is 9.87 Å². The fourth-order valence-corrected chi connectivity index (χ4v) is 3.20. The van der Waals surface area contributed by atoms with E-state index in [2.05, 4.69) is 15.5 Å². The first-order valence-corrected chi connectivity index (χ1v) is 9.46. The molecule has 27 heavy (non-hydrogen) atoms. The van der Waals surface area contributed by atoms with Gasteiger partial charge in [0.1, 0.15) is 0 Å². The lowest BCUT2D eigenvalue weighted by molar-refractivity contribution is 0.102. The number of carbonyl (C=O) groups excluding carboxylic acids is 1. The fourth-order valence-electron chi connectivity index (χ4n) is 2.30. The Labute approximate surface area is 156 Å². The Bertz CT molecular complexity index is 1060. The van der Waals surface area contributed by atoms with Crippen LogP contribution in [-0.2, 0) is 10.0 Å². The second kappa shape index (κ2) is 7.29. The molecule has 1 amide bonds. The molecule has 0 spiro atoms. The molecular formula is C18H18N4O4S. The lowest BCUT2D eigenvalue weighted by atomic mass is 10.2. The molecule has 0 aliphatic heterocycles. The molecule has 3 aromatic rings. The summed E-state index contributed by atoms with van der Waals surface area (Å²) in [6.07, 6.45) is 0. The summed E-state index contributed by atoms with van der Waals surface area (Å²) in [5.41, 5.74) is 1.68. The van der Waals surface area contributed by atoms with Gasteiger partial charge in [-0.2, -0.15) is 4.98 Å². The number of benzene rings is 2. The van der Waals surface area contributed by atoms with Crippen molar-refractivity contribution in [2.75, 3.05) is 19.4 Å². The van der Waals surface area contributed by atoms with Crippen LogP contribution in [0.3, 0.4) is 0 Å². The number of anilines is 1. The average molecular weight is 386 g/mol. The predicted octanol–water partition coefficient (Wildman–Crippen LogP) is 2.55. The maximum absolute atomic E-state index is 12.4. The highest BCUT2D eigenvalue weighted by atomic mass is 32.2. The molecular weight excluding hydrogens is 368 g/mol. The third kappa shape index (κ3) is 4.04. The number of carbonyl (C=O) groups is 1. The van der Waals surface area contributed by atoms with Crippen molar-refractivity contribution < 1.29 is 17.7 Å². The SMILES string of the molecule is Cc1noc(-c2ccc(NC(=O)c3ccc(S(=O)(=O)N(C)C)cc3)cc2)n1. The van der Waals surface area contributed by atoms with Crippen molar-refractivity contribution in [3.63, 3.8) is 0 Å². The molecule has 140 valence electrons. The minimum absolute atomic E-state index is 0.128. The molecule has 0 bridgehead atoms. The molecule has 0 aliphatic carbocycles. The van der Waals surface area contributed by atoms with E-state index in [1.807, 2.05) is 0 Å². The van der Waals surface area contributed by atoms with Crippen LogP contribution < -0.4 is 5.32 Å². The van der Waals surface area contributed by atoms with Crippen molar-refractivity contribution in [1.82, 2.24) is 14.4 Å². The summed E-state index contributed by atoms with van der Waals surface area (Å²) >= 11 is 0. The number of nitrogens with one attached hydrogen (secondary N) is 1. The maximum Gasteiger partial charge on any atom is 0.257 e. The van der Waals surface area contributed by atoms with Crippen molar-refractivity contribution in [2.45, 2.75) is 11.8 Å². The van der Waals surface area contributed by atoms with Gasteiger partial charge in [0.15, 0.2) is 5.82 Å². The van der Waals surface area contributed by atoms with Crippen LogP contribution in [0.4, 0.5) is 5.69 Å². The largest absolute Gasteiger partial charge is 0.334 e. The normalized spacial score (nSPS) is 11.6. The number of sulfonamides is 1. The van der Waals surface area contributed by atoms with E-state index in [-0.39, 0.29) is 10.8 Å². The summed E-state index contributed by atoms with van der Waals surface area (Å²) in [5.74, 6) is 0.607. The Morgan fingerprint density at radius 3 is 2.19 bits per heavy atom. The van der Waals surface area contributed by atoms with Gasteiger partial charge in [-0.25, -0.2) is 12.7 Å². The molecule has 1 N–H and O–H groups in total. The predicted molar refractivity (Wildman–Crippen MR) is 99.7 cm³/mol. The van der Waals surface area contributed by atoms with Gasteiger partial charge >= 0.3 is 0 Å². The molecule has 0 aliphatic rings. The van der Waals surface area contributed by atoms with Crippen LogP contribution in [0.2, 0.25) is 0 Å². The number of aromatic nitrogens is 2. The van der Waals surface area contributed by atoms with Crippen molar-refractivity contribution in [1.29, 1.82) is 0 Å². The summed E-state index contributed by atoms with van der Waals surface area (Å²) in [6, 6.07) is 12.7. The second-order valence-corrected chi connectivity index (χ2v) is 8.14. The molecule has 0 fully saturated rings. The van der Waals surface area contributed by atoms with Crippen LogP contribution in [-0.4, -0.2) is 42.9 Å². The van der Waals surface area contributed by atoms with Gasteiger partial charge in [0.05, 0.1) is 4.90 Å². The van der Waals surface area contributed by atoms with Gasteiger partial charge in [-0.3, -0.25) is 4.79 Å². The third-order valence-electron chi connectivity index (χ3n) is 3.81. The van der Waals surface area contributed by atoms with Crippen LogP contribution in [0.5, 0.6) is 0 Å². The molecule has 1 heterocycles. The van der Waals surface area contributed by atoms with Gasteiger partial charge in [-0.1, -0.05) is 5.16 Å². The van der Waals surface area contributed by atoms with Gasteiger partial charge < -0.3 is 9.84 Å². The second-order valence-electron chi connectivity index (χ2n) is 5.99. The molecule has 9 heteroatoms. The summed E-state index contributed by atoms with van der Waals surface area (Å²) in [4.78, 5) is 16.6. The minimum Gasteiger partial charge on any atom is -0.334 e. The molecule has 0 unspecified atom stereocenters. The quantitative estimate of drug-likeness (QED) is 0.722. The molecule has 0 saturated heterocycles. The Balaban J connectivity index is 1.72. The number of rotatable bonds is 5. The third-order valence-corrected chi connectivity index (χ3v) is 5.64. The Hall–Kier alpha value is -3.04. The monoisotopic (exact) mass is 386 g/mol. The van der Waals surface area contributed by atoms with Crippen molar-refractivity contribution in [3.8, 4) is 11.5 Å². The molecule has 0 saturated carbocycles. The van der Waals surface area contributed by atoms with Crippen LogP contribution in [0.15, 0.2) is 57.9 Å². The Kier molecular flexibility index (Phi) is 5.06. The summed E-state index contributed by atoms with van der Waals surface area (Å²) in [6.45, 7) is 1.73. The first-order valence-electron chi connectivity index (χ1n) is 8.02. The highest BCUT2D eigenvalue weighted by Gasteiger charge is 2.17. The van der Waals surface area contributed by atoms with Crippen LogP contribution in [0.25, 0.3) is 11.5 Å². The minimum atomic E-state index is -3.53. The number of aryl methyl sites for hydroxylation is 1. The standard InChI is InChI=1S/C18H18N4O4S/c1-12-19-18(26-21-12)14-4-8-15(9-5-14)20-17(23)13-6-10-16(11-7-13)27(24,25)22(2)3/h4-11H,1-3H3,(H,20,23). The van der Waals surface area contributed by atoms with E-state index in [0.29, 0.717) is 23.0 Å². The summed E-state index contributed by atoms with van der Waals surface area (Å²) in [5, 5.41) is 6.49. The molecule has 8 nitrogen and oxygen atoms in total. The van der Waals surface area contributed by atoms with Gasteiger partial charge in [0.2, 0.25) is 10.0 Å². The zero-order valence-corrected chi connectivity index (χ0v) is 15.8. The number of hydrogen-bond donors (Lipinski definition) is 1. The number of nitrogens with zero attached hydrogens (tertiary/aromatic N) is 3. The van der Waals surface area contributed by atoms with Crippen molar-refractivity contribution in [2.24, 2.45) is 0 Å². The van der Waals surface area contributed by atoms with E-state index in [1.54, 1.807) is 31.2 Å². The van der Waals surface area contributed by atoms with Crippen LogP contribution in [0, 0.1) is 6.92 Å². The highest BCUT2D eigenvalue weighted by molar-refractivity contribution is 7.89. The van der Waals surface area contributed by atoms with Gasteiger partial charge in [0.25, 0.3) is 11.8 Å². The molecule has 0 atom stereocenters. The Morgan fingerprint density at radius 1 is 1.04 bits per heavy atom. The Morgan fingerprint density at radius 2 is 1.67 bits per heavy atom. The molecule has 2 aromatic carbocycles. The summed E-state index contributed by atoms with van der Waals surface area (Å²) < 4.78 is 30.3. The lowest BCUT2D eigenvalue weighted by Crippen LogP contribution is -2.22. The van der Waals surface area contributed by atoms with Gasteiger partial charge in [-0.15, -0.1) is 0 Å². The van der Waals surface area contributed by atoms with E-state index in [4.69, 9.17) is 4.52 Å². The topological polar surface area (TPSA) is 105 Å². The molecule has 1 aromatic heterocycles. The van der Waals surface area contributed by atoms with E-state index >= 15 is 0 Å². The number of amides is 1. The van der Waals surface area contributed by atoms with Gasteiger partial charge in [0, 0.05) is 30.9 Å². The summed E-state index contributed by atoms with van der Waals surface area (Å²) in [7, 11) is -0.619. The van der Waals surface area contributed by atoms with Crippen LogP contribution in [0.1, 0.15) is 16.2 Å². The van der Waals surface area contributed by atoms with Crippen molar-refractivity contribution in [3.05, 3.63) is 59.9 Å². The zero-order chi connectivity index (χ0) is 19.6. The molecule has 0 radical (unpaired) electrons. The fraction of sp³-hybridized carbons (Fsp3) is 0.167. The maximum atomic E-state index is 12.4. The van der Waals surface area contributed by atoms with E-state index in [9.17, 15) is 13.2 Å². The first kappa shape index (κ1) is 18.7. The smallest absolute Gasteiger partial charge is 0.257 e.